The van der Waals surface area contributed by atoms with Crippen LogP contribution in [0.1, 0.15) is 39.5 Å². The molecule has 0 aromatic carbocycles. The van der Waals surface area contributed by atoms with Crippen LogP contribution < -0.4 is 5.32 Å². The molecule has 2 atom stereocenters. The van der Waals surface area contributed by atoms with Crippen LogP contribution in [0.25, 0.3) is 0 Å². The third kappa shape index (κ3) is 5.76. The van der Waals surface area contributed by atoms with E-state index in [0.29, 0.717) is 11.8 Å². The second-order valence-corrected chi connectivity index (χ2v) is 7.37. The van der Waals surface area contributed by atoms with Crippen molar-refractivity contribution in [2.75, 3.05) is 46.4 Å². The minimum Gasteiger partial charge on any atom is -0.376 e. The summed E-state index contributed by atoms with van der Waals surface area (Å²) >= 11 is 0. The molecular formula is C17H33N3O2. The van der Waals surface area contributed by atoms with Gasteiger partial charge in [0.1, 0.15) is 0 Å². The number of carbonyl (C=O) groups excluding carboxylic acids is 1. The van der Waals surface area contributed by atoms with E-state index >= 15 is 0 Å². The minimum atomic E-state index is 0.0863. The number of rotatable bonds is 6. The smallest absolute Gasteiger partial charge is 0.317 e. The highest BCUT2D eigenvalue weighted by Crippen LogP contribution is 2.16. The summed E-state index contributed by atoms with van der Waals surface area (Å²) in [6.07, 6.45) is 4.76. The summed E-state index contributed by atoms with van der Waals surface area (Å²) in [5, 5.41) is 3.11. The van der Waals surface area contributed by atoms with Gasteiger partial charge in [0.25, 0.3) is 0 Å². The third-order valence-electron chi connectivity index (χ3n) is 4.75. The van der Waals surface area contributed by atoms with Crippen molar-refractivity contribution in [1.82, 2.24) is 15.1 Å². The van der Waals surface area contributed by atoms with Crippen molar-refractivity contribution >= 4 is 6.03 Å². The van der Waals surface area contributed by atoms with Gasteiger partial charge in [-0.25, -0.2) is 4.79 Å². The van der Waals surface area contributed by atoms with Crippen LogP contribution in [-0.4, -0.2) is 68.3 Å². The number of likely N-dealkylation sites (tertiary alicyclic amines) is 2. The first kappa shape index (κ1) is 17.5. The molecule has 0 spiro atoms. The second kappa shape index (κ2) is 8.73. The van der Waals surface area contributed by atoms with E-state index in [1.165, 1.54) is 19.4 Å². The van der Waals surface area contributed by atoms with Crippen molar-refractivity contribution < 1.29 is 9.53 Å². The van der Waals surface area contributed by atoms with E-state index in [1.807, 2.05) is 4.90 Å². The van der Waals surface area contributed by atoms with Gasteiger partial charge in [-0.1, -0.05) is 13.8 Å². The van der Waals surface area contributed by atoms with E-state index in [0.717, 1.165) is 45.6 Å². The molecule has 0 aliphatic carbocycles. The normalized spacial score (nSPS) is 26.6. The molecule has 0 bridgehead atoms. The zero-order valence-electron chi connectivity index (χ0n) is 14.5. The van der Waals surface area contributed by atoms with Crippen LogP contribution in [-0.2, 0) is 4.74 Å². The van der Waals surface area contributed by atoms with E-state index in [2.05, 4.69) is 31.1 Å². The fourth-order valence-electron chi connectivity index (χ4n) is 3.30. The Balaban J connectivity index is 1.62. The third-order valence-corrected chi connectivity index (χ3v) is 4.75. The lowest BCUT2D eigenvalue weighted by Gasteiger charge is -2.30. The van der Waals surface area contributed by atoms with Crippen molar-refractivity contribution in [2.24, 2.45) is 11.8 Å². The molecule has 0 radical (unpaired) electrons. The first-order chi connectivity index (χ1) is 10.5. The van der Waals surface area contributed by atoms with Crippen molar-refractivity contribution in [3.8, 4) is 0 Å². The molecule has 2 aliphatic rings. The average molecular weight is 311 g/mol. The van der Waals surface area contributed by atoms with Gasteiger partial charge in [-0.3, -0.25) is 0 Å². The number of piperidine rings is 1. The maximum atomic E-state index is 12.2. The average Bonchev–Trinajstić information content (AvgIpc) is 2.93. The van der Waals surface area contributed by atoms with Crippen LogP contribution in [0, 0.1) is 11.8 Å². The molecule has 5 heteroatoms. The number of nitrogens with one attached hydrogen (secondary N) is 1. The molecule has 22 heavy (non-hydrogen) atoms. The van der Waals surface area contributed by atoms with Crippen LogP contribution in [0.5, 0.6) is 0 Å². The summed E-state index contributed by atoms with van der Waals surface area (Å²) in [6, 6.07) is 0.0863. The highest BCUT2D eigenvalue weighted by molar-refractivity contribution is 5.74. The topological polar surface area (TPSA) is 44.8 Å². The van der Waals surface area contributed by atoms with E-state index in [9.17, 15) is 4.79 Å². The number of amides is 2. The Morgan fingerprint density at radius 1 is 1.27 bits per heavy atom. The molecule has 0 aromatic heterocycles. The number of nitrogens with zero attached hydrogens (tertiary/aromatic N) is 2. The highest BCUT2D eigenvalue weighted by Gasteiger charge is 2.27. The lowest BCUT2D eigenvalue weighted by molar-refractivity contribution is 0.0542. The lowest BCUT2D eigenvalue weighted by atomic mass is 9.99. The standard InChI is InChI=1S/C17H33N3O2/c1-14(2)7-10-22-16-6-9-20(13-16)17(21)18-11-15-5-4-8-19(3)12-15/h14-16H,4-13H2,1-3H3,(H,18,21). The molecule has 2 heterocycles. The Hall–Kier alpha value is -0.810. The summed E-state index contributed by atoms with van der Waals surface area (Å²) < 4.78 is 5.87. The van der Waals surface area contributed by atoms with Crippen molar-refractivity contribution in [3.63, 3.8) is 0 Å². The number of carbonyl (C=O) groups is 1. The quantitative estimate of drug-likeness (QED) is 0.818. The zero-order valence-corrected chi connectivity index (χ0v) is 14.5. The van der Waals surface area contributed by atoms with Crippen LogP contribution in [0.4, 0.5) is 4.79 Å². The first-order valence-corrected chi connectivity index (χ1v) is 8.87. The van der Waals surface area contributed by atoms with E-state index in [1.54, 1.807) is 0 Å². The molecule has 2 aliphatic heterocycles. The van der Waals surface area contributed by atoms with Crippen molar-refractivity contribution in [2.45, 2.75) is 45.6 Å². The fraction of sp³-hybridized carbons (Fsp3) is 0.941. The van der Waals surface area contributed by atoms with Crippen LogP contribution in [0.3, 0.4) is 0 Å². The highest BCUT2D eigenvalue weighted by atomic mass is 16.5. The van der Waals surface area contributed by atoms with Gasteiger partial charge < -0.3 is 19.9 Å². The number of hydrogen-bond donors (Lipinski definition) is 1. The Kier molecular flexibility index (Phi) is 6.96. The Morgan fingerprint density at radius 3 is 2.82 bits per heavy atom. The molecule has 2 rings (SSSR count). The van der Waals surface area contributed by atoms with E-state index in [-0.39, 0.29) is 12.1 Å². The first-order valence-electron chi connectivity index (χ1n) is 8.87. The summed E-state index contributed by atoms with van der Waals surface area (Å²) in [4.78, 5) is 16.5. The zero-order chi connectivity index (χ0) is 15.9. The number of urea groups is 1. The molecule has 5 nitrogen and oxygen atoms in total. The van der Waals surface area contributed by atoms with Gasteiger partial charge in [-0.2, -0.15) is 0 Å². The van der Waals surface area contributed by atoms with Crippen LogP contribution >= 0.6 is 0 Å². The van der Waals surface area contributed by atoms with E-state index in [4.69, 9.17) is 4.74 Å². The molecular weight excluding hydrogens is 278 g/mol. The van der Waals surface area contributed by atoms with Crippen molar-refractivity contribution in [3.05, 3.63) is 0 Å². The molecule has 0 saturated carbocycles. The molecule has 2 amide bonds. The number of hydrogen-bond acceptors (Lipinski definition) is 3. The SMILES string of the molecule is CC(C)CCOC1CCN(C(=O)NCC2CCCN(C)C2)C1. The molecule has 128 valence electrons. The lowest BCUT2D eigenvalue weighted by Crippen LogP contribution is -2.44. The Labute approximate surface area is 135 Å². The summed E-state index contributed by atoms with van der Waals surface area (Å²) in [6.45, 7) is 9.88. The van der Waals surface area contributed by atoms with Gasteiger partial charge in [-0.15, -0.1) is 0 Å². The van der Waals surface area contributed by atoms with Gasteiger partial charge in [-0.05, 0) is 51.1 Å². The largest absolute Gasteiger partial charge is 0.376 e. The Bertz CT molecular complexity index is 349. The Morgan fingerprint density at radius 2 is 2.09 bits per heavy atom. The predicted octanol–water partition coefficient (Wildman–Crippen LogP) is 2.17. The maximum Gasteiger partial charge on any atom is 0.317 e. The predicted molar refractivity (Wildman–Crippen MR) is 89.0 cm³/mol. The monoisotopic (exact) mass is 311 g/mol. The minimum absolute atomic E-state index is 0.0863. The van der Waals surface area contributed by atoms with Gasteiger partial charge in [0.15, 0.2) is 0 Å². The molecule has 1 N–H and O–H groups in total. The van der Waals surface area contributed by atoms with Gasteiger partial charge in [0.05, 0.1) is 6.10 Å². The van der Waals surface area contributed by atoms with Gasteiger partial charge in [0, 0.05) is 32.8 Å². The summed E-state index contributed by atoms with van der Waals surface area (Å²) in [7, 11) is 2.16. The van der Waals surface area contributed by atoms with E-state index < -0.39 is 0 Å². The van der Waals surface area contributed by atoms with Gasteiger partial charge in [0.2, 0.25) is 0 Å². The summed E-state index contributed by atoms with van der Waals surface area (Å²) in [5.41, 5.74) is 0. The number of ether oxygens (including phenoxy) is 1. The summed E-state index contributed by atoms with van der Waals surface area (Å²) in [5.74, 6) is 1.28. The molecule has 2 saturated heterocycles. The van der Waals surface area contributed by atoms with Crippen molar-refractivity contribution in [1.29, 1.82) is 0 Å². The fourth-order valence-corrected chi connectivity index (χ4v) is 3.30. The molecule has 2 fully saturated rings. The molecule has 2 unspecified atom stereocenters. The van der Waals surface area contributed by atoms with Gasteiger partial charge >= 0.3 is 6.03 Å². The van der Waals surface area contributed by atoms with Crippen LogP contribution in [0.15, 0.2) is 0 Å². The molecule has 0 aromatic rings. The second-order valence-electron chi connectivity index (χ2n) is 7.37. The van der Waals surface area contributed by atoms with Crippen LogP contribution in [0.2, 0.25) is 0 Å². The maximum absolute atomic E-state index is 12.2.